The van der Waals surface area contributed by atoms with Crippen molar-refractivity contribution in [3.05, 3.63) is 36.3 Å². The van der Waals surface area contributed by atoms with Crippen LogP contribution in [0.25, 0.3) is 0 Å². The van der Waals surface area contributed by atoms with Crippen LogP contribution in [0.4, 0.5) is 33.5 Å². The number of anilines is 5. The van der Waals surface area contributed by atoms with E-state index in [1.165, 1.54) is 32.4 Å². The second-order valence-corrected chi connectivity index (χ2v) is 8.99. The second-order valence-electron chi connectivity index (χ2n) is 7.97. The van der Waals surface area contributed by atoms with Gasteiger partial charge in [-0.15, -0.1) is 0 Å². The number of benzene rings is 1. The van der Waals surface area contributed by atoms with Crippen LogP contribution in [0.5, 0.6) is 23.0 Å². The Labute approximate surface area is 210 Å². The van der Waals surface area contributed by atoms with E-state index in [0.717, 1.165) is 6.20 Å². The monoisotopic (exact) mass is 536 g/mol. The smallest absolute Gasteiger partial charge is 0.446 e. The molecule has 16 heteroatoms. The molecule has 4 N–H and O–H groups in total. The van der Waals surface area contributed by atoms with E-state index in [-0.39, 0.29) is 46.5 Å². The number of hydrogen-bond acceptors (Lipinski definition) is 12. The first-order valence-corrected chi connectivity index (χ1v) is 11.8. The minimum absolute atomic E-state index is 0.0622. The lowest BCUT2D eigenvalue weighted by atomic mass is 10.1. The summed E-state index contributed by atoms with van der Waals surface area (Å²) >= 11 is 0. The van der Waals surface area contributed by atoms with Gasteiger partial charge >= 0.3 is 10.4 Å². The summed E-state index contributed by atoms with van der Waals surface area (Å²) in [4.78, 5) is 24.4. The number of methoxy groups -OCH3 is 2. The van der Waals surface area contributed by atoms with Crippen LogP contribution < -0.4 is 34.3 Å². The van der Waals surface area contributed by atoms with Crippen LogP contribution in [0.1, 0.15) is 13.8 Å². The lowest BCUT2D eigenvalue weighted by Crippen LogP contribution is -2.46. The van der Waals surface area contributed by atoms with Gasteiger partial charge in [0.1, 0.15) is 5.82 Å². The van der Waals surface area contributed by atoms with Crippen molar-refractivity contribution in [1.82, 2.24) is 15.0 Å². The van der Waals surface area contributed by atoms with Gasteiger partial charge in [-0.2, -0.15) is 13.4 Å². The van der Waals surface area contributed by atoms with Gasteiger partial charge < -0.3 is 34.3 Å². The van der Waals surface area contributed by atoms with Gasteiger partial charge in [-0.3, -0.25) is 9.35 Å². The van der Waals surface area contributed by atoms with E-state index in [2.05, 4.69) is 35.1 Å². The molecule has 1 amide bonds. The Balaban J connectivity index is 1.59. The molecule has 0 bridgehead atoms. The normalized spacial score (nSPS) is 14.1. The topological polar surface area (TPSA) is 183 Å². The number of ether oxygens (including phenoxy) is 3. The average molecular weight is 536 g/mol. The van der Waals surface area contributed by atoms with Crippen molar-refractivity contribution in [3.8, 4) is 23.0 Å². The van der Waals surface area contributed by atoms with Gasteiger partial charge in [0.05, 0.1) is 20.4 Å². The molecule has 0 fully saturated rings. The van der Waals surface area contributed by atoms with Crippen LogP contribution in [0.3, 0.4) is 0 Å². The molecule has 0 saturated carbocycles. The first-order valence-electron chi connectivity index (χ1n) is 10.4. The molecule has 0 radical (unpaired) electrons. The SMILES string of the molecule is COc1cc(Nc2ncc(F)c(Nc3ccc4c(n3)NC(=O)C(C)(C)O4)n2)cc(OC)c1OS(=O)(=O)O. The summed E-state index contributed by atoms with van der Waals surface area (Å²) in [5, 5.41) is 8.16. The lowest BCUT2D eigenvalue weighted by molar-refractivity contribution is -0.129. The van der Waals surface area contributed by atoms with Crippen LogP contribution in [0, 0.1) is 5.82 Å². The van der Waals surface area contributed by atoms with Crippen LogP contribution in [-0.2, 0) is 15.2 Å². The van der Waals surface area contributed by atoms with Gasteiger partial charge in [0.2, 0.25) is 11.7 Å². The summed E-state index contributed by atoms with van der Waals surface area (Å²) in [6.07, 6.45) is 0.910. The Morgan fingerprint density at radius 2 is 1.78 bits per heavy atom. The summed E-state index contributed by atoms with van der Waals surface area (Å²) in [6.45, 7) is 3.23. The third-order valence-electron chi connectivity index (χ3n) is 4.90. The Morgan fingerprint density at radius 1 is 1.11 bits per heavy atom. The van der Waals surface area contributed by atoms with Crippen molar-refractivity contribution < 1.29 is 40.5 Å². The number of fused-ring (bicyclic) bond motifs is 1. The molecule has 4 rings (SSSR count). The Kier molecular flexibility index (Phi) is 6.62. The predicted molar refractivity (Wildman–Crippen MR) is 128 cm³/mol. The second kappa shape index (κ2) is 9.55. The van der Waals surface area contributed by atoms with Crippen molar-refractivity contribution in [2.45, 2.75) is 19.4 Å². The van der Waals surface area contributed by atoms with Crippen LogP contribution in [0.15, 0.2) is 30.5 Å². The Morgan fingerprint density at radius 3 is 2.41 bits per heavy atom. The van der Waals surface area contributed by atoms with Gasteiger partial charge in [-0.25, -0.2) is 14.4 Å². The number of aromatic nitrogens is 3. The van der Waals surface area contributed by atoms with E-state index >= 15 is 0 Å². The minimum Gasteiger partial charge on any atom is -0.493 e. The molecule has 1 aliphatic heterocycles. The zero-order chi connectivity index (χ0) is 27.0. The largest absolute Gasteiger partial charge is 0.493 e. The predicted octanol–water partition coefficient (Wildman–Crippen LogP) is 2.81. The fourth-order valence-corrected chi connectivity index (χ4v) is 3.55. The molecule has 14 nitrogen and oxygen atoms in total. The Bertz CT molecular complexity index is 1460. The van der Waals surface area contributed by atoms with E-state index in [0.29, 0.717) is 5.75 Å². The Hall–Kier alpha value is -4.44. The van der Waals surface area contributed by atoms with Gasteiger partial charge in [0, 0.05) is 17.8 Å². The third-order valence-corrected chi connectivity index (χ3v) is 5.28. The fourth-order valence-electron chi connectivity index (χ4n) is 3.17. The molecule has 0 unspecified atom stereocenters. The summed E-state index contributed by atoms with van der Waals surface area (Å²) in [5.74, 6) is -1.40. The maximum Gasteiger partial charge on any atom is 0.446 e. The minimum atomic E-state index is -4.86. The van der Waals surface area contributed by atoms with Crippen LogP contribution in [-0.4, -0.2) is 53.7 Å². The van der Waals surface area contributed by atoms with E-state index < -0.39 is 27.6 Å². The number of hydrogen-bond donors (Lipinski definition) is 4. The van der Waals surface area contributed by atoms with Gasteiger partial charge in [-0.1, -0.05) is 0 Å². The summed E-state index contributed by atoms with van der Waals surface area (Å²) in [7, 11) is -2.38. The van der Waals surface area contributed by atoms with E-state index in [1.807, 2.05) is 0 Å². The molecule has 0 saturated heterocycles. The standard InChI is InChI=1S/C21H21FN6O8S/c1-21(2)19(29)27-18-12(35-21)5-6-15(26-18)25-17-11(22)9-23-20(28-17)24-10-7-13(33-3)16(14(8-10)34-4)36-37(30,31)32/h5-9H,1-4H3,(H,30,31,32)(H3,23,24,25,26,27,28,29). The van der Waals surface area contributed by atoms with Crippen molar-refractivity contribution in [2.24, 2.45) is 0 Å². The van der Waals surface area contributed by atoms with Crippen LogP contribution in [0.2, 0.25) is 0 Å². The molecule has 37 heavy (non-hydrogen) atoms. The highest BCUT2D eigenvalue weighted by Gasteiger charge is 2.36. The first-order chi connectivity index (χ1) is 17.4. The molecule has 3 aromatic rings. The van der Waals surface area contributed by atoms with Crippen molar-refractivity contribution in [1.29, 1.82) is 0 Å². The van der Waals surface area contributed by atoms with Crippen molar-refractivity contribution in [3.63, 3.8) is 0 Å². The number of amides is 1. The summed E-state index contributed by atoms with van der Waals surface area (Å²) < 4.78 is 66.2. The highest BCUT2D eigenvalue weighted by atomic mass is 32.3. The van der Waals surface area contributed by atoms with Crippen molar-refractivity contribution >= 4 is 45.4 Å². The van der Waals surface area contributed by atoms with Gasteiger partial charge in [0.25, 0.3) is 5.91 Å². The molecule has 196 valence electrons. The number of nitrogens with one attached hydrogen (secondary N) is 3. The maximum absolute atomic E-state index is 14.5. The highest BCUT2D eigenvalue weighted by molar-refractivity contribution is 7.81. The van der Waals surface area contributed by atoms with Gasteiger partial charge in [0.15, 0.2) is 40.3 Å². The first kappa shape index (κ1) is 25.6. The molecule has 0 spiro atoms. The summed E-state index contributed by atoms with van der Waals surface area (Å²) in [6, 6.07) is 5.72. The number of carbonyl (C=O) groups excluding carboxylic acids is 1. The quantitative estimate of drug-likeness (QED) is 0.309. The summed E-state index contributed by atoms with van der Waals surface area (Å²) in [5.41, 5.74) is -0.811. The molecule has 0 atom stereocenters. The van der Waals surface area contributed by atoms with E-state index in [4.69, 9.17) is 18.8 Å². The molecular weight excluding hydrogens is 515 g/mol. The lowest BCUT2D eigenvalue weighted by Gasteiger charge is -2.30. The maximum atomic E-state index is 14.5. The van der Waals surface area contributed by atoms with E-state index in [9.17, 15) is 17.6 Å². The van der Waals surface area contributed by atoms with Crippen LogP contribution >= 0.6 is 0 Å². The molecule has 1 aromatic carbocycles. The third kappa shape index (κ3) is 5.70. The van der Waals surface area contributed by atoms with Crippen molar-refractivity contribution in [2.75, 3.05) is 30.2 Å². The molecule has 3 heterocycles. The molecule has 2 aromatic heterocycles. The van der Waals surface area contributed by atoms with Gasteiger partial charge in [-0.05, 0) is 26.0 Å². The van der Waals surface area contributed by atoms with E-state index in [1.54, 1.807) is 19.9 Å². The number of halogens is 1. The number of nitrogens with zero attached hydrogens (tertiary/aromatic N) is 3. The average Bonchev–Trinajstić information content (AvgIpc) is 2.82. The molecular formula is C21H21FN6O8S. The highest BCUT2D eigenvalue weighted by Crippen LogP contribution is 2.41. The fraction of sp³-hybridized carbons (Fsp3) is 0.238. The number of rotatable bonds is 8. The number of carbonyl (C=O) groups is 1. The zero-order valence-electron chi connectivity index (χ0n) is 19.8. The molecule has 0 aliphatic carbocycles. The molecule has 1 aliphatic rings. The zero-order valence-corrected chi connectivity index (χ0v) is 20.6. The number of pyridine rings is 1.